The Hall–Kier alpha value is -1.51. The standard InChI is InChI=1S/C11H17N3/c1-5-12-11(14(4)6-2)10-7-8-13-9(10)3/h5,7-8,13H,3,6H2,1-2,4H3/b11-10+,12-5-. The Kier molecular flexibility index (Phi) is 3.51. The lowest BCUT2D eigenvalue weighted by Crippen LogP contribution is -2.30. The van der Waals surface area contributed by atoms with Crippen LogP contribution in [-0.2, 0) is 0 Å². The molecule has 76 valence electrons. The zero-order chi connectivity index (χ0) is 10.6. The second kappa shape index (κ2) is 4.65. The molecule has 3 nitrogen and oxygen atoms in total. The molecular formula is C11H17N3. The second-order valence-corrected chi connectivity index (χ2v) is 3.09. The number of aromatic amines is 1. The van der Waals surface area contributed by atoms with Crippen molar-refractivity contribution < 1.29 is 0 Å². The third kappa shape index (κ3) is 2.05. The van der Waals surface area contributed by atoms with Crippen molar-refractivity contribution in [1.29, 1.82) is 0 Å². The van der Waals surface area contributed by atoms with Gasteiger partial charge in [0.2, 0.25) is 0 Å². The van der Waals surface area contributed by atoms with E-state index in [2.05, 4.69) is 28.4 Å². The molecule has 0 amide bonds. The highest BCUT2D eigenvalue weighted by Gasteiger charge is 2.01. The number of aliphatic imine (C=N–C) groups is 1. The molecule has 0 radical (unpaired) electrons. The maximum atomic E-state index is 4.36. The quantitative estimate of drug-likeness (QED) is 0.694. The smallest absolute Gasteiger partial charge is 0.137 e. The van der Waals surface area contributed by atoms with Crippen LogP contribution in [0.25, 0.3) is 12.4 Å². The van der Waals surface area contributed by atoms with Crippen molar-refractivity contribution in [3.63, 3.8) is 0 Å². The summed E-state index contributed by atoms with van der Waals surface area (Å²) in [6.07, 6.45) is 3.68. The Morgan fingerprint density at radius 3 is 2.86 bits per heavy atom. The molecule has 0 spiro atoms. The van der Waals surface area contributed by atoms with E-state index in [9.17, 15) is 0 Å². The van der Waals surface area contributed by atoms with Gasteiger partial charge in [-0.1, -0.05) is 6.58 Å². The monoisotopic (exact) mass is 191 g/mol. The third-order valence-electron chi connectivity index (χ3n) is 2.16. The zero-order valence-electron chi connectivity index (χ0n) is 9.04. The number of nitrogens with zero attached hydrogens (tertiary/aromatic N) is 2. The van der Waals surface area contributed by atoms with Crippen molar-refractivity contribution in [3.05, 3.63) is 22.8 Å². The normalized spacial score (nSPS) is 13.4. The Balaban J connectivity index is 3.37. The van der Waals surface area contributed by atoms with E-state index in [1.807, 2.05) is 26.2 Å². The molecule has 0 aromatic carbocycles. The molecule has 0 saturated heterocycles. The van der Waals surface area contributed by atoms with Crippen LogP contribution in [0.3, 0.4) is 0 Å². The molecule has 0 bridgehead atoms. The van der Waals surface area contributed by atoms with Gasteiger partial charge in [0, 0.05) is 36.6 Å². The molecule has 1 heterocycles. The molecular weight excluding hydrogens is 174 g/mol. The summed E-state index contributed by atoms with van der Waals surface area (Å²) in [6, 6.07) is 2.00. The van der Waals surface area contributed by atoms with E-state index < -0.39 is 0 Å². The highest BCUT2D eigenvalue weighted by atomic mass is 15.2. The molecule has 14 heavy (non-hydrogen) atoms. The van der Waals surface area contributed by atoms with Crippen LogP contribution in [0, 0.1) is 0 Å². The van der Waals surface area contributed by atoms with E-state index >= 15 is 0 Å². The number of rotatable bonds is 3. The minimum Gasteiger partial charge on any atom is -0.362 e. The average Bonchev–Trinajstić information content (AvgIpc) is 2.60. The fourth-order valence-electron chi connectivity index (χ4n) is 1.26. The number of hydrogen-bond donors (Lipinski definition) is 1. The third-order valence-corrected chi connectivity index (χ3v) is 2.16. The van der Waals surface area contributed by atoms with Gasteiger partial charge in [-0.3, -0.25) is 0 Å². The molecule has 0 aliphatic heterocycles. The topological polar surface area (TPSA) is 31.4 Å². The summed E-state index contributed by atoms with van der Waals surface area (Å²) < 4.78 is 0. The van der Waals surface area contributed by atoms with Crippen molar-refractivity contribution >= 4 is 18.6 Å². The van der Waals surface area contributed by atoms with E-state index in [-0.39, 0.29) is 0 Å². The van der Waals surface area contributed by atoms with Crippen LogP contribution in [0.15, 0.2) is 17.3 Å². The van der Waals surface area contributed by atoms with Crippen LogP contribution in [0.4, 0.5) is 0 Å². The van der Waals surface area contributed by atoms with Crippen LogP contribution in [0.2, 0.25) is 0 Å². The number of aromatic nitrogens is 1. The lowest BCUT2D eigenvalue weighted by atomic mass is 10.4. The maximum absolute atomic E-state index is 4.36. The predicted octanol–water partition coefficient (Wildman–Crippen LogP) is 0.533. The maximum Gasteiger partial charge on any atom is 0.137 e. The fraction of sp³-hybridized carbons (Fsp3) is 0.364. The lowest BCUT2D eigenvalue weighted by molar-refractivity contribution is 0.497. The average molecular weight is 191 g/mol. The van der Waals surface area contributed by atoms with Crippen molar-refractivity contribution in [2.75, 3.05) is 13.6 Å². The molecule has 0 atom stereocenters. The molecule has 1 aromatic heterocycles. The summed E-state index contributed by atoms with van der Waals surface area (Å²) in [5, 5.41) is 1.97. The zero-order valence-corrected chi connectivity index (χ0v) is 9.04. The first kappa shape index (κ1) is 10.6. The van der Waals surface area contributed by atoms with Gasteiger partial charge in [0.05, 0.1) is 0 Å². The van der Waals surface area contributed by atoms with Gasteiger partial charge in [0.1, 0.15) is 5.82 Å². The Morgan fingerprint density at radius 2 is 2.43 bits per heavy atom. The number of hydrogen-bond acceptors (Lipinski definition) is 2. The Morgan fingerprint density at radius 1 is 1.71 bits per heavy atom. The van der Waals surface area contributed by atoms with Crippen LogP contribution in [-0.4, -0.2) is 29.7 Å². The Labute approximate surface area is 84.5 Å². The first-order valence-corrected chi connectivity index (χ1v) is 4.77. The van der Waals surface area contributed by atoms with Gasteiger partial charge in [-0.25, -0.2) is 4.99 Å². The first-order valence-electron chi connectivity index (χ1n) is 4.77. The van der Waals surface area contributed by atoms with Gasteiger partial charge in [-0.2, -0.15) is 0 Å². The molecule has 0 saturated carbocycles. The number of H-pyrrole nitrogens is 1. The summed E-state index contributed by atoms with van der Waals surface area (Å²) in [5.41, 5.74) is 0. The Bertz CT molecular complexity index is 414. The molecule has 1 N–H and O–H groups in total. The van der Waals surface area contributed by atoms with Crippen molar-refractivity contribution in [2.45, 2.75) is 13.8 Å². The molecule has 0 aliphatic rings. The molecule has 0 aliphatic carbocycles. The van der Waals surface area contributed by atoms with Crippen LogP contribution >= 0.6 is 0 Å². The largest absolute Gasteiger partial charge is 0.362 e. The molecule has 1 rings (SSSR count). The van der Waals surface area contributed by atoms with Crippen molar-refractivity contribution in [1.82, 2.24) is 9.88 Å². The van der Waals surface area contributed by atoms with Crippen LogP contribution in [0.1, 0.15) is 13.8 Å². The molecule has 0 fully saturated rings. The summed E-state index contributed by atoms with van der Waals surface area (Å²) >= 11 is 0. The second-order valence-electron chi connectivity index (χ2n) is 3.09. The summed E-state index contributed by atoms with van der Waals surface area (Å²) in [7, 11) is 2.02. The molecule has 0 unspecified atom stereocenters. The summed E-state index contributed by atoms with van der Waals surface area (Å²) in [6.45, 7) is 8.86. The van der Waals surface area contributed by atoms with Crippen molar-refractivity contribution in [2.24, 2.45) is 4.99 Å². The molecule has 3 heteroatoms. The van der Waals surface area contributed by atoms with Gasteiger partial charge < -0.3 is 9.88 Å². The summed E-state index contributed by atoms with van der Waals surface area (Å²) in [4.78, 5) is 9.50. The van der Waals surface area contributed by atoms with E-state index in [1.165, 1.54) is 0 Å². The van der Waals surface area contributed by atoms with E-state index in [0.29, 0.717) is 0 Å². The van der Waals surface area contributed by atoms with Crippen molar-refractivity contribution in [3.8, 4) is 0 Å². The fourth-order valence-corrected chi connectivity index (χ4v) is 1.26. The van der Waals surface area contributed by atoms with Crippen LogP contribution < -0.4 is 10.6 Å². The molecule has 1 aromatic rings. The minimum absolute atomic E-state index is 0.908. The van der Waals surface area contributed by atoms with Gasteiger partial charge in [-0.15, -0.1) is 0 Å². The van der Waals surface area contributed by atoms with Crippen LogP contribution in [0.5, 0.6) is 0 Å². The predicted molar refractivity (Wildman–Crippen MR) is 61.4 cm³/mol. The van der Waals surface area contributed by atoms with E-state index in [4.69, 9.17) is 0 Å². The van der Waals surface area contributed by atoms with Gasteiger partial charge in [0.15, 0.2) is 0 Å². The minimum atomic E-state index is 0.908. The van der Waals surface area contributed by atoms with E-state index in [1.54, 1.807) is 6.21 Å². The first-order chi connectivity index (χ1) is 6.70. The van der Waals surface area contributed by atoms with Gasteiger partial charge in [-0.05, 0) is 19.9 Å². The summed E-state index contributed by atoms with van der Waals surface area (Å²) in [5.74, 6) is 0.959. The highest BCUT2D eigenvalue weighted by molar-refractivity contribution is 5.62. The van der Waals surface area contributed by atoms with Gasteiger partial charge >= 0.3 is 0 Å². The lowest BCUT2D eigenvalue weighted by Gasteiger charge is -2.16. The number of nitrogens with one attached hydrogen (secondary N) is 1. The van der Waals surface area contributed by atoms with Gasteiger partial charge in [0.25, 0.3) is 0 Å². The SMILES string of the molecule is C=c1[nH]cc/c1=C(/N=C\C)N(C)CC. The highest BCUT2D eigenvalue weighted by Crippen LogP contribution is 1.99. The van der Waals surface area contributed by atoms with E-state index in [0.717, 1.165) is 22.9 Å².